The van der Waals surface area contributed by atoms with Gasteiger partial charge in [-0.05, 0) is 59.4 Å². The van der Waals surface area contributed by atoms with Gasteiger partial charge in [0.2, 0.25) is 5.91 Å². The zero-order chi connectivity index (χ0) is 14.8. The molecule has 1 atom stereocenters. The lowest BCUT2D eigenvalue weighted by atomic mass is 9.91. The number of likely N-dealkylation sites (tertiary alicyclic amines) is 1. The van der Waals surface area contributed by atoms with Crippen LogP contribution in [0.25, 0.3) is 0 Å². The van der Waals surface area contributed by atoms with Gasteiger partial charge in [0.05, 0.1) is 5.54 Å². The number of rotatable bonds is 3. The predicted molar refractivity (Wildman–Crippen MR) is 82.7 cm³/mol. The number of nitrogens with one attached hydrogen (secondary N) is 2. The van der Waals surface area contributed by atoms with Crippen LogP contribution in [0.4, 0.5) is 0 Å². The van der Waals surface area contributed by atoms with Crippen molar-refractivity contribution in [2.24, 2.45) is 0 Å². The summed E-state index contributed by atoms with van der Waals surface area (Å²) in [5.74, 6) is 0.228. The molecule has 2 fully saturated rings. The van der Waals surface area contributed by atoms with E-state index >= 15 is 0 Å². The van der Waals surface area contributed by atoms with Crippen LogP contribution in [0.1, 0.15) is 59.8 Å². The summed E-state index contributed by atoms with van der Waals surface area (Å²) in [6, 6.07) is 0.354. The lowest BCUT2D eigenvalue weighted by molar-refractivity contribution is -0.128. The Morgan fingerprint density at radius 2 is 2.00 bits per heavy atom. The maximum atomic E-state index is 12.6. The summed E-state index contributed by atoms with van der Waals surface area (Å²) in [5, 5.41) is 6.72. The summed E-state index contributed by atoms with van der Waals surface area (Å²) in [6.45, 7) is 12.0. The van der Waals surface area contributed by atoms with Crippen molar-refractivity contribution in [2.75, 3.05) is 19.6 Å². The third-order valence-corrected chi connectivity index (χ3v) is 5.06. The fraction of sp³-hybridized carbons (Fsp3) is 0.938. The van der Waals surface area contributed by atoms with Crippen molar-refractivity contribution in [1.29, 1.82) is 0 Å². The first-order valence-corrected chi connectivity index (χ1v) is 8.18. The monoisotopic (exact) mass is 281 g/mol. The molecule has 2 rings (SSSR count). The van der Waals surface area contributed by atoms with Gasteiger partial charge in [0, 0.05) is 24.7 Å². The quantitative estimate of drug-likeness (QED) is 0.830. The smallest absolute Gasteiger partial charge is 0.240 e. The SMILES string of the molecule is CCC1(C(=O)NC2CCN(C(C)(C)C)CC2)CCCN1. The van der Waals surface area contributed by atoms with Crippen molar-refractivity contribution >= 4 is 5.91 Å². The van der Waals surface area contributed by atoms with Crippen LogP contribution in [-0.4, -0.2) is 47.6 Å². The van der Waals surface area contributed by atoms with Gasteiger partial charge in [-0.1, -0.05) is 6.92 Å². The highest BCUT2D eigenvalue weighted by molar-refractivity contribution is 5.86. The predicted octanol–water partition coefficient (Wildman–Crippen LogP) is 1.90. The molecule has 1 amide bonds. The number of hydrogen-bond donors (Lipinski definition) is 2. The van der Waals surface area contributed by atoms with Crippen molar-refractivity contribution in [3.8, 4) is 0 Å². The summed E-state index contributed by atoms with van der Waals surface area (Å²) < 4.78 is 0. The molecular weight excluding hydrogens is 250 g/mol. The van der Waals surface area contributed by atoms with Crippen molar-refractivity contribution in [1.82, 2.24) is 15.5 Å². The Bertz CT molecular complexity index is 334. The second-order valence-corrected chi connectivity index (χ2v) is 7.37. The van der Waals surface area contributed by atoms with E-state index < -0.39 is 0 Å². The Labute approximate surface area is 123 Å². The van der Waals surface area contributed by atoms with E-state index in [1.54, 1.807) is 0 Å². The molecule has 4 nitrogen and oxygen atoms in total. The van der Waals surface area contributed by atoms with Crippen molar-refractivity contribution in [3.63, 3.8) is 0 Å². The molecule has 0 bridgehead atoms. The first-order valence-electron chi connectivity index (χ1n) is 8.18. The lowest BCUT2D eigenvalue weighted by Gasteiger charge is -2.41. The van der Waals surface area contributed by atoms with Crippen LogP contribution in [0.2, 0.25) is 0 Å². The van der Waals surface area contributed by atoms with Gasteiger partial charge in [0.15, 0.2) is 0 Å². The van der Waals surface area contributed by atoms with Gasteiger partial charge in [-0.25, -0.2) is 0 Å². The van der Waals surface area contributed by atoms with Crippen molar-refractivity contribution in [3.05, 3.63) is 0 Å². The molecule has 0 aliphatic carbocycles. The van der Waals surface area contributed by atoms with E-state index in [0.717, 1.165) is 51.7 Å². The first-order chi connectivity index (χ1) is 9.37. The minimum Gasteiger partial charge on any atom is -0.352 e. The summed E-state index contributed by atoms with van der Waals surface area (Å²) >= 11 is 0. The molecule has 0 spiro atoms. The number of carbonyl (C=O) groups excluding carboxylic acids is 1. The van der Waals surface area contributed by atoms with Gasteiger partial charge >= 0.3 is 0 Å². The third kappa shape index (κ3) is 3.34. The molecule has 0 aromatic rings. The molecule has 0 aromatic heterocycles. The molecule has 2 aliphatic heterocycles. The minimum absolute atomic E-state index is 0.228. The highest BCUT2D eigenvalue weighted by Crippen LogP contribution is 2.25. The van der Waals surface area contributed by atoms with Gasteiger partial charge in [-0.15, -0.1) is 0 Å². The Hall–Kier alpha value is -0.610. The van der Waals surface area contributed by atoms with E-state index in [-0.39, 0.29) is 17.0 Å². The Kier molecular flexibility index (Phi) is 4.75. The minimum atomic E-state index is -0.291. The maximum Gasteiger partial charge on any atom is 0.240 e. The second kappa shape index (κ2) is 6.02. The van der Waals surface area contributed by atoms with E-state index in [2.05, 4.69) is 43.2 Å². The molecule has 2 saturated heterocycles. The molecular formula is C16H31N3O. The zero-order valence-corrected chi connectivity index (χ0v) is 13.6. The number of carbonyl (C=O) groups is 1. The Morgan fingerprint density at radius 3 is 2.45 bits per heavy atom. The van der Waals surface area contributed by atoms with Crippen LogP contribution in [0.15, 0.2) is 0 Å². The number of nitrogens with zero attached hydrogens (tertiary/aromatic N) is 1. The highest BCUT2D eigenvalue weighted by Gasteiger charge is 2.40. The number of amides is 1. The third-order valence-electron chi connectivity index (χ3n) is 5.06. The Balaban J connectivity index is 1.85. The van der Waals surface area contributed by atoms with E-state index in [9.17, 15) is 4.79 Å². The van der Waals surface area contributed by atoms with E-state index in [1.807, 2.05) is 0 Å². The van der Waals surface area contributed by atoms with Gasteiger partial charge in [0.1, 0.15) is 0 Å². The topological polar surface area (TPSA) is 44.4 Å². The molecule has 0 aromatic carbocycles. The molecule has 0 saturated carbocycles. The summed E-state index contributed by atoms with van der Waals surface area (Å²) in [5.41, 5.74) is -0.0478. The zero-order valence-electron chi connectivity index (χ0n) is 13.6. The van der Waals surface area contributed by atoms with Crippen LogP contribution in [0.5, 0.6) is 0 Å². The average Bonchev–Trinajstić information content (AvgIpc) is 2.88. The van der Waals surface area contributed by atoms with Crippen LogP contribution in [0.3, 0.4) is 0 Å². The highest BCUT2D eigenvalue weighted by atomic mass is 16.2. The molecule has 1 unspecified atom stereocenters. The van der Waals surface area contributed by atoms with Crippen LogP contribution >= 0.6 is 0 Å². The average molecular weight is 281 g/mol. The summed E-state index contributed by atoms with van der Waals surface area (Å²) in [6.07, 6.45) is 5.13. The second-order valence-electron chi connectivity index (χ2n) is 7.37. The normalized spacial score (nSPS) is 29.6. The van der Waals surface area contributed by atoms with Crippen LogP contribution in [0, 0.1) is 0 Å². The molecule has 2 N–H and O–H groups in total. The molecule has 2 aliphatic rings. The maximum absolute atomic E-state index is 12.6. The molecule has 4 heteroatoms. The van der Waals surface area contributed by atoms with E-state index in [4.69, 9.17) is 0 Å². The van der Waals surface area contributed by atoms with Gasteiger partial charge in [0.25, 0.3) is 0 Å². The van der Waals surface area contributed by atoms with E-state index in [1.165, 1.54) is 0 Å². The standard InChI is InChI=1S/C16H31N3O/c1-5-16(9-6-10-17-16)14(20)18-13-7-11-19(12-8-13)15(2,3)4/h13,17H,5-12H2,1-4H3,(H,18,20). The number of piperidine rings is 1. The number of hydrogen-bond acceptors (Lipinski definition) is 3. The lowest BCUT2D eigenvalue weighted by Crippen LogP contribution is -2.57. The molecule has 20 heavy (non-hydrogen) atoms. The first kappa shape index (κ1) is 15.8. The fourth-order valence-corrected chi connectivity index (χ4v) is 3.48. The summed E-state index contributed by atoms with van der Waals surface area (Å²) in [4.78, 5) is 15.1. The molecule has 0 radical (unpaired) electrons. The van der Waals surface area contributed by atoms with Gasteiger partial charge in [-0.3, -0.25) is 9.69 Å². The van der Waals surface area contributed by atoms with E-state index in [0.29, 0.717) is 6.04 Å². The van der Waals surface area contributed by atoms with Gasteiger partial charge in [-0.2, -0.15) is 0 Å². The van der Waals surface area contributed by atoms with Gasteiger partial charge < -0.3 is 10.6 Å². The van der Waals surface area contributed by atoms with Crippen LogP contribution in [-0.2, 0) is 4.79 Å². The largest absolute Gasteiger partial charge is 0.352 e. The van der Waals surface area contributed by atoms with Crippen LogP contribution < -0.4 is 10.6 Å². The van der Waals surface area contributed by atoms with Crippen molar-refractivity contribution < 1.29 is 4.79 Å². The molecule has 2 heterocycles. The fourth-order valence-electron chi connectivity index (χ4n) is 3.48. The summed E-state index contributed by atoms with van der Waals surface area (Å²) in [7, 11) is 0. The molecule has 116 valence electrons. The Morgan fingerprint density at radius 1 is 1.35 bits per heavy atom. The van der Waals surface area contributed by atoms with Crippen molar-refractivity contribution in [2.45, 2.75) is 76.9 Å².